The van der Waals surface area contributed by atoms with Gasteiger partial charge in [0.1, 0.15) is 11.5 Å². The van der Waals surface area contributed by atoms with Crippen LogP contribution in [0.3, 0.4) is 0 Å². The largest absolute Gasteiger partial charge is 0.388 e. The SMILES string of the molecule is Cc1cc(C(=O)N2CCC(O)(CN3CCCC3)CC2)nc(C)n1. The van der Waals surface area contributed by atoms with Gasteiger partial charge in [-0.2, -0.15) is 0 Å². The Bertz CT molecular complexity index is 556. The second-order valence-corrected chi connectivity index (χ2v) is 6.94. The zero-order valence-electron chi connectivity index (χ0n) is 14.1. The summed E-state index contributed by atoms with van der Waals surface area (Å²) in [6, 6.07) is 1.74. The fraction of sp³-hybridized carbons (Fsp3) is 0.706. The Kier molecular flexibility index (Phi) is 4.64. The number of likely N-dealkylation sites (tertiary alicyclic amines) is 2. The van der Waals surface area contributed by atoms with E-state index in [1.807, 2.05) is 6.92 Å². The van der Waals surface area contributed by atoms with Crippen molar-refractivity contribution >= 4 is 5.91 Å². The van der Waals surface area contributed by atoms with E-state index < -0.39 is 5.60 Å². The van der Waals surface area contributed by atoms with Gasteiger partial charge < -0.3 is 14.9 Å². The lowest BCUT2D eigenvalue weighted by Gasteiger charge is -2.40. The molecular weight excluding hydrogens is 292 g/mol. The quantitative estimate of drug-likeness (QED) is 0.905. The van der Waals surface area contributed by atoms with E-state index in [1.165, 1.54) is 12.8 Å². The Morgan fingerprint density at radius 3 is 2.43 bits per heavy atom. The molecule has 1 amide bonds. The fourth-order valence-electron chi connectivity index (χ4n) is 3.63. The van der Waals surface area contributed by atoms with Crippen molar-refractivity contribution in [2.45, 2.75) is 45.1 Å². The number of nitrogens with zero attached hydrogens (tertiary/aromatic N) is 4. The molecule has 0 aliphatic carbocycles. The van der Waals surface area contributed by atoms with Crippen molar-refractivity contribution in [3.8, 4) is 0 Å². The number of hydrogen-bond donors (Lipinski definition) is 1. The molecule has 6 nitrogen and oxygen atoms in total. The zero-order valence-corrected chi connectivity index (χ0v) is 14.1. The molecule has 3 rings (SSSR count). The highest BCUT2D eigenvalue weighted by atomic mass is 16.3. The molecule has 2 aliphatic rings. The normalized spacial score (nSPS) is 21.6. The summed E-state index contributed by atoms with van der Waals surface area (Å²) in [6.07, 6.45) is 3.73. The van der Waals surface area contributed by atoms with Crippen molar-refractivity contribution in [1.82, 2.24) is 19.8 Å². The fourth-order valence-corrected chi connectivity index (χ4v) is 3.63. The van der Waals surface area contributed by atoms with Crippen molar-refractivity contribution < 1.29 is 9.90 Å². The standard InChI is InChI=1S/C17H26N4O2/c1-13-11-15(19-14(2)18-13)16(22)21-9-5-17(23,6-10-21)12-20-7-3-4-8-20/h11,23H,3-10,12H2,1-2H3. The van der Waals surface area contributed by atoms with E-state index in [0.29, 0.717) is 37.4 Å². The highest BCUT2D eigenvalue weighted by Gasteiger charge is 2.36. The number of aromatic nitrogens is 2. The summed E-state index contributed by atoms with van der Waals surface area (Å²) in [4.78, 5) is 25.2. The van der Waals surface area contributed by atoms with E-state index in [-0.39, 0.29) is 5.91 Å². The van der Waals surface area contributed by atoms with Gasteiger partial charge in [-0.15, -0.1) is 0 Å². The lowest BCUT2D eigenvalue weighted by molar-refractivity contribution is -0.0368. The third kappa shape index (κ3) is 3.87. The number of carbonyl (C=O) groups is 1. The summed E-state index contributed by atoms with van der Waals surface area (Å²) in [6.45, 7) is 7.76. The van der Waals surface area contributed by atoms with E-state index >= 15 is 0 Å². The maximum atomic E-state index is 12.6. The average Bonchev–Trinajstić information content (AvgIpc) is 2.98. The van der Waals surface area contributed by atoms with E-state index in [4.69, 9.17) is 0 Å². The number of amides is 1. The van der Waals surface area contributed by atoms with Gasteiger partial charge in [0.15, 0.2) is 0 Å². The van der Waals surface area contributed by atoms with Crippen LogP contribution in [0.5, 0.6) is 0 Å². The van der Waals surface area contributed by atoms with E-state index in [2.05, 4.69) is 14.9 Å². The second kappa shape index (κ2) is 6.53. The molecule has 3 heterocycles. The molecule has 6 heteroatoms. The smallest absolute Gasteiger partial charge is 0.272 e. The predicted octanol–water partition coefficient (Wildman–Crippen LogP) is 1.16. The molecule has 1 aromatic rings. The summed E-state index contributed by atoms with van der Waals surface area (Å²) in [7, 11) is 0. The highest BCUT2D eigenvalue weighted by Crippen LogP contribution is 2.25. The molecular formula is C17H26N4O2. The third-order valence-electron chi connectivity index (χ3n) is 4.88. The first-order chi connectivity index (χ1) is 11.0. The van der Waals surface area contributed by atoms with Crippen molar-refractivity contribution in [1.29, 1.82) is 0 Å². The summed E-state index contributed by atoms with van der Waals surface area (Å²) in [5, 5.41) is 10.8. The van der Waals surface area contributed by atoms with Crippen LogP contribution in [0.4, 0.5) is 0 Å². The maximum Gasteiger partial charge on any atom is 0.272 e. The number of carbonyl (C=O) groups excluding carboxylic acids is 1. The summed E-state index contributed by atoms with van der Waals surface area (Å²) >= 11 is 0. The molecule has 1 N–H and O–H groups in total. The molecule has 2 aliphatic heterocycles. The Morgan fingerprint density at radius 2 is 1.83 bits per heavy atom. The summed E-state index contributed by atoms with van der Waals surface area (Å²) in [5.41, 5.74) is 0.613. The van der Waals surface area contributed by atoms with Crippen LogP contribution < -0.4 is 0 Å². The number of rotatable bonds is 3. The minimum absolute atomic E-state index is 0.0539. The number of β-amino-alcohol motifs (C(OH)–C–C–N with tert-alkyl or cyclic N) is 1. The Labute approximate surface area is 137 Å². The molecule has 0 spiro atoms. The molecule has 0 bridgehead atoms. The van der Waals surface area contributed by atoms with Crippen molar-refractivity contribution in [3.63, 3.8) is 0 Å². The van der Waals surface area contributed by atoms with E-state index in [1.54, 1.807) is 17.9 Å². The lowest BCUT2D eigenvalue weighted by Crippen LogP contribution is -2.51. The molecule has 1 aromatic heterocycles. The Balaban J connectivity index is 1.60. The molecule has 0 saturated carbocycles. The van der Waals surface area contributed by atoms with Crippen molar-refractivity contribution in [3.05, 3.63) is 23.3 Å². The van der Waals surface area contributed by atoms with Crippen LogP contribution in [0, 0.1) is 13.8 Å². The number of aliphatic hydroxyl groups is 1. The van der Waals surface area contributed by atoms with Gasteiger partial charge in [-0.25, -0.2) is 9.97 Å². The van der Waals surface area contributed by atoms with Crippen molar-refractivity contribution in [2.75, 3.05) is 32.7 Å². The Morgan fingerprint density at radius 1 is 1.17 bits per heavy atom. The van der Waals surface area contributed by atoms with Gasteiger partial charge in [0, 0.05) is 25.3 Å². The van der Waals surface area contributed by atoms with Gasteiger partial charge in [-0.1, -0.05) is 0 Å². The molecule has 0 aromatic carbocycles. The first-order valence-electron chi connectivity index (χ1n) is 8.51. The first kappa shape index (κ1) is 16.3. The van der Waals surface area contributed by atoms with Gasteiger partial charge in [0.2, 0.25) is 0 Å². The molecule has 126 valence electrons. The van der Waals surface area contributed by atoms with Crippen LogP contribution in [0.1, 0.15) is 47.7 Å². The minimum Gasteiger partial charge on any atom is -0.388 e. The molecule has 2 saturated heterocycles. The lowest BCUT2D eigenvalue weighted by atomic mass is 9.90. The number of piperidine rings is 1. The van der Waals surface area contributed by atoms with Crippen LogP contribution in [-0.2, 0) is 0 Å². The van der Waals surface area contributed by atoms with Crippen LogP contribution in [0.25, 0.3) is 0 Å². The van der Waals surface area contributed by atoms with Crippen LogP contribution in [-0.4, -0.2) is 69.1 Å². The number of aryl methyl sites for hydroxylation is 2. The van der Waals surface area contributed by atoms with Crippen LogP contribution in [0.2, 0.25) is 0 Å². The summed E-state index contributed by atoms with van der Waals surface area (Å²) in [5.74, 6) is 0.567. The van der Waals surface area contributed by atoms with Gasteiger partial charge in [-0.3, -0.25) is 4.79 Å². The van der Waals surface area contributed by atoms with E-state index in [9.17, 15) is 9.90 Å². The highest BCUT2D eigenvalue weighted by molar-refractivity contribution is 5.92. The maximum absolute atomic E-state index is 12.6. The molecule has 2 fully saturated rings. The van der Waals surface area contributed by atoms with Gasteiger partial charge in [-0.05, 0) is 58.7 Å². The van der Waals surface area contributed by atoms with Crippen molar-refractivity contribution in [2.24, 2.45) is 0 Å². The average molecular weight is 318 g/mol. The first-order valence-corrected chi connectivity index (χ1v) is 8.51. The van der Waals surface area contributed by atoms with Gasteiger partial charge >= 0.3 is 0 Å². The predicted molar refractivity (Wildman–Crippen MR) is 87.3 cm³/mol. The molecule has 0 atom stereocenters. The monoisotopic (exact) mass is 318 g/mol. The van der Waals surface area contributed by atoms with Crippen LogP contribution in [0.15, 0.2) is 6.07 Å². The molecule has 23 heavy (non-hydrogen) atoms. The van der Waals surface area contributed by atoms with Gasteiger partial charge in [0.05, 0.1) is 5.60 Å². The minimum atomic E-state index is -0.654. The Hall–Kier alpha value is -1.53. The van der Waals surface area contributed by atoms with E-state index in [0.717, 1.165) is 25.3 Å². The molecule has 0 radical (unpaired) electrons. The van der Waals surface area contributed by atoms with Gasteiger partial charge in [0.25, 0.3) is 5.91 Å². The topological polar surface area (TPSA) is 69.6 Å². The molecule has 0 unspecified atom stereocenters. The summed E-state index contributed by atoms with van der Waals surface area (Å²) < 4.78 is 0. The third-order valence-corrected chi connectivity index (χ3v) is 4.88. The second-order valence-electron chi connectivity index (χ2n) is 6.94. The zero-order chi connectivity index (χ0) is 16.4. The number of hydrogen-bond acceptors (Lipinski definition) is 5. The van der Waals surface area contributed by atoms with Crippen LogP contribution >= 0.6 is 0 Å².